The van der Waals surface area contributed by atoms with E-state index in [0.717, 1.165) is 6.42 Å². The largest absolute Gasteiger partial charge is 0.368 e. The first kappa shape index (κ1) is 12.8. The lowest BCUT2D eigenvalue weighted by Crippen LogP contribution is -2.32. The molecule has 0 amide bonds. The second kappa shape index (κ2) is 4.73. The van der Waals surface area contributed by atoms with Gasteiger partial charge in [-0.25, -0.2) is 4.68 Å². The van der Waals surface area contributed by atoms with Crippen molar-refractivity contribution in [3.63, 3.8) is 0 Å². The van der Waals surface area contributed by atoms with Crippen LogP contribution < -0.4 is 11.1 Å². The summed E-state index contributed by atoms with van der Waals surface area (Å²) in [4.78, 5) is 12.7. The van der Waals surface area contributed by atoms with Crippen molar-refractivity contribution in [3.8, 4) is 5.95 Å². The van der Waals surface area contributed by atoms with Gasteiger partial charge in [0.05, 0.1) is 0 Å². The van der Waals surface area contributed by atoms with Crippen molar-refractivity contribution >= 4 is 11.9 Å². The van der Waals surface area contributed by atoms with E-state index in [1.807, 2.05) is 6.07 Å². The molecular weight excluding hydrogens is 254 g/mol. The van der Waals surface area contributed by atoms with Gasteiger partial charge in [0.1, 0.15) is 0 Å². The summed E-state index contributed by atoms with van der Waals surface area (Å²) >= 11 is 0. The van der Waals surface area contributed by atoms with E-state index in [4.69, 9.17) is 5.73 Å². The van der Waals surface area contributed by atoms with Gasteiger partial charge in [0, 0.05) is 18.4 Å². The molecule has 1 aliphatic carbocycles. The monoisotopic (exact) mass is 273 g/mol. The minimum atomic E-state index is 0.198. The first-order chi connectivity index (χ1) is 9.54. The van der Waals surface area contributed by atoms with Crippen LogP contribution in [0.3, 0.4) is 0 Å². The molecule has 7 heteroatoms. The summed E-state index contributed by atoms with van der Waals surface area (Å²) in [5.41, 5.74) is 6.01. The van der Waals surface area contributed by atoms with E-state index in [9.17, 15) is 0 Å². The van der Waals surface area contributed by atoms with Crippen LogP contribution in [-0.2, 0) is 0 Å². The van der Waals surface area contributed by atoms with Gasteiger partial charge in [0.2, 0.25) is 11.9 Å². The normalized spacial score (nSPS) is 21.0. The molecule has 3 rings (SSSR count). The zero-order chi connectivity index (χ0) is 14.2. The van der Waals surface area contributed by atoms with E-state index in [0.29, 0.717) is 17.9 Å². The summed E-state index contributed by atoms with van der Waals surface area (Å²) in [7, 11) is 0. The fourth-order valence-corrected chi connectivity index (χ4v) is 2.68. The third-order valence-corrected chi connectivity index (χ3v) is 3.91. The number of nitrogens with zero attached hydrogens (tertiary/aromatic N) is 5. The molecule has 3 N–H and O–H groups in total. The third kappa shape index (κ3) is 2.43. The van der Waals surface area contributed by atoms with Crippen LogP contribution in [0.1, 0.15) is 33.1 Å². The standard InChI is InChI=1S/C13H19N7/c1-13(2)6-3-5-9(13)16-11-17-10(14)18-12(19-11)20-8-4-7-15-20/h4,7-9H,3,5-6H2,1-2H3,(H3,14,16,17,18,19). The van der Waals surface area contributed by atoms with Gasteiger partial charge < -0.3 is 11.1 Å². The van der Waals surface area contributed by atoms with Crippen LogP contribution in [-0.4, -0.2) is 30.8 Å². The highest BCUT2D eigenvalue weighted by Gasteiger charge is 2.34. The van der Waals surface area contributed by atoms with E-state index in [2.05, 4.69) is 39.2 Å². The van der Waals surface area contributed by atoms with Gasteiger partial charge in [-0.15, -0.1) is 0 Å². The molecule has 0 aliphatic heterocycles. The molecular formula is C13H19N7. The van der Waals surface area contributed by atoms with Gasteiger partial charge in [0.15, 0.2) is 0 Å². The maximum absolute atomic E-state index is 5.76. The first-order valence-corrected chi connectivity index (χ1v) is 6.83. The van der Waals surface area contributed by atoms with Crippen molar-refractivity contribution in [2.24, 2.45) is 5.41 Å². The van der Waals surface area contributed by atoms with Crippen LogP contribution in [0.5, 0.6) is 0 Å². The van der Waals surface area contributed by atoms with Crippen molar-refractivity contribution in [1.82, 2.24) is 24.7 Å². The average Bonchev–Trinajstić information content (AvgIpc) is 2.99. The van der Waals surface area contributed by atoms with E-state index >= 15 is 0 Å². The zero-order valence-electron chi connectivity index (χ0n) is 11.7. The maximum Gasteiger partial charge on any atom is 0.257 e. The van der Waals surface area contributed by atoms with Crippen LogP contribution >= 0.6 is 0 Å². The quantitative estimate of drug-likeness (QED) is 0.882. The number of rotatable bonds is 3. The highest BCUT2D eigenvalue weighted by Crippen LogP contribution is 2.38. The van der Waals surface area contributed by atoms with Crippen molar-refractivity contribution in [1.29, 1.82) is 0 Å². The highest BCUT2D eigenvalue weighted by atomic mass is 15.4. The summed E-state index contributed by atoms with van der Waals surface area (Å²) in [6.45, 7) is 4.52. The Hall–Kier alpha value is -2.18. The molecule has 1 saturated carbocycles. The lowest BCUT2D eigenvalue weighted by Gasteiger charge is -2.27. The molecule has 2 aromatic heterocycles. The summed E-state index contributed by atoms with van der Waals surface area (Å²) in [5.74, 6) is 1.15. The van der Waals surface area contributed by atoms with E-state index in [1.165, 1.54) is 12.8 Å². The second-order valence-corrected chi connectivity index (χ2v) is 5.85. The Morgan fingerprint density at radius 1 is 1.35 bits per heavy atom. The number of nitrogens with two attached hydrogens (primary N) is 1. The van der Waals surface area contributed by atoms with Gasteiger partial charge in [-0.1, -0.05) is 20.3 Å². The molecule has 0 aromatic carbocycles. The number of hydrogen-bond acceptors (Lipinski definition) is 6. The third-order valence-electron chi connectivity index (χ3n) is 3.91. The van der Waals surface area contributed by atoms with Gasteiger partial charge in [0.25, 0.3) is 5.95 Å². The van der Waals surface area contributed by atoms with Gasteiger partial charge in [-0.3, -0.25) is 0 Å². The van der Waals surface area contributed by atoms with E-state index in [1.54, 1.807) is 17.1 Å². The minimum Gasteiger partial charge on any atom is -0.368 e. The Balaban J connectivity index is 1.87. The molecule has 0 saturated heterocycles. The second-order valence-electron chi connectivity index (χ2n) is 5.85. The Bertz CT molecular complexity index is 591. The fourth-order valence-electron chi connectivity index (χ4n) is 2.68. The highest BCUT2D eigenvalue weighted by molar-refractivity contribution is 5.36. The molecule has 2 heterocycles. The molecule has 1 unspecified atom stereocenters. The lowest BCUT2D eigenvalue weighted by molar-refractivity contribution is 0.348. The zero-order valence-corrected chi connectivity index (χ0v) is 11.7. The van der Waals surface area contributed by atoms with Crippen molar-refractivity contribution < 1.29 is 0 Å². The molecule has 20 heavy (non-hydrogen) atoms. The number of aromatic nitrogens is 5. The molecule has 7 nitrogen and oxygen atoms in total. The van der Waals surface area contributed by atoms with Crippen molar-refractivity contribution in [2.75, 3.05) is 11.1 Å². The van der Waals surface area contributed by atoms with Crippen LogP contribution in [0.15, 0.2) is 18.5 Å². The van der Waals surface area contributed by atoms with Crippen molar-refractivity contribution in [3.05, 3.63) is 18.5 Å². The summed E-state index contributed by atoms with van der Waals surface area (Å²) < 4.78 is 1.57. The number of nitrogens with one attached hydrogen (secondary N) is 1. The van der Waals surface area contributed by atoms with Crippen molar-refractivity contribution in [2.45, 2.75) is 39.2 Å². The summed E-state index contributed by atoms with van der Waals surface area (Å²) in [5, 5.41) is 7.50. The Morgan fingerprint density at radius 3 is 2.85 bits per heavy atom. The maximum atomic E-state index is 5.76. The molecule has 0 spiro atoms. The average molecular weight is 273 g/mol. The van der Waals surface area contributed by atoms with Crippen LogP contribution in [0, 0.1) is 5.41 Å². The number of nitrogen functional groups attached to an aromatic ring is 1. The predicted molar refractivity (Wildman–Crippen MR) is 76.4 cm³/mol. The smallest absolute Gasteiger partial charge is 0.257 e. The first-order valence-electron chi connectivity index (χ1n) is 6.83. The van der Waals surface area contributed by atoms with Gasteiger partial charge >= 0.3 is 0 Å². The van der Waals surface area contributed by atoms with Crippen LogP contribution in [0.4, 0.5) is 11.9 Å². The topological polar surface area (TPSA) is 94.5 Å². The molecule has 2 aromatic rings. The molecule has 1 atom stereocenters. The summed E-state index contributed by atoms with van der Waals surface area (Å²) in [6.07, 6.45) is 7.00. The predicted octanol–water partition coefficient (Wildman–Crippen LogP) is 1.63. The van der Waals surface area contributed by atoms with Crippen LogP contribution in [0.25, 0.3) is 5.95 Å². The SMILES string of the molecule is CC1(C)CCCC1Nc1nc(N)nc(-n2cccn2)n1. The summed E-state index contributed by atoms with van der Waals surface area (Å²) in [6, 6.07) is 2.17. The molecule has 0 bridgehead atoms. The molecule has 106 valence electrons. The minimum absolute atomic E-state index is 0.198. The Morgan fingerprint density at radius 2 is 2.20 bits per heavy atom. The Labute approximate surface area is 117 Å². The fraction of sp³-hybridized carbons (Fsp3) is 0.538. The van der Waals surface area contributed by atoms with E-state index < -0.39 is 0 Å². The molecule has 1 aliphatic rings. The number of hydrogen-bond donors (Lipinski definition) is 2. The lowest BCUT2D eigenvalue weighted by atomic mass is 9.87. The van der Waals surface area contributed by atoms with Gasteiger partial charge in [-0.2, -0.15) is 20.1 Å². The van der Waals surface area contributed by atoms with E-state index in [-0.39, 0.29) is 11.4 Å². The van der Waals surface area contributed by atoms with Crippen LogP contribution in [0.2, 0.25) is 0 Å². The van der Waals surface area contributed by atoms with Gasteiger partial charge in [-0.05, 0) is 24.3 Å². The molecule has 0 radical (unpaired) electrons. The Kier molecular flexibility index (Phi) is 3.04. The number of anilines is 2. The molecule has 1 fully saturated rings.